The van der Waals surface area contributed by atoms with Gasteiger partial charge in [-0.15, -0.1) is 0 Å². The number of aliphatic carboxylic acids is 1. The molecule has 0 fully saturated rings. The summed E-state index contributed by atoms with van der Waals surface area (Å²) in [5.41, 5.74) is 1.27. The Morgan fingerprint density at radius 2 is 1.83 bits per heavy atom. The molecule has 23 heavy (non-hydrogen) atoms. The summed E-state index contributed by atoms with van der Waals surface area (Å²) >= 11 is 0. The summed E-state index contributed by atoms with van der Waals surface area (Å²) in [5, 5.41) is 12.0. The third-order valence-electron chi connectivity index (χ3n) is 3.58. The summed E-state index contributed by atoms with van der Waals surface area (Å²) in [6.07, 6.45) is 3.39. The van der Waals surface area contributed by atoms with Gasteiger partial charge in [0.25, 0.3) is 5.91 Å². The molecule has 2 rings (SSSR count). The van der Waals surface area contributed by atoms with Gasteiger partial charge in [-0.3, -0.25) is 14.6 Å². The second-order valence-corrected chi connectivity index (χ2v) is 6.12. The molecule has 1 aromatic carbocycles. The number of hydrogen-bond acceptors (Lipinski definition) is 3. The van der Waals surface area contributed by atoms with Crippen LogP contribution >= 0.6 is 0 Å². The zero-order valence-electron chi connectivity index (χ0n) is 13.2. The highest BCUT2D eigenvalue weighted by atomic mass is 16.4. The zero-order valence-corrected chi connectivity index (χ0v) is 13.2. The molecule has 1 heterocycles. The van der Waals surface area contributed by atoms with Crippen molar-refractivity contribution in [3.05, 3.63) is 65.5 Å². The fourth-order valence-corrected chi connectivity index (χ4v) is 2.17. The van der Waals surface area contributed by atoms with Crippen LogP contribution < -0.4 is 5.32 Å². The second kappa shape index (κ2) is 7.05. The fraction of sp³-hybridized carbons (Fsp3) is 0.278. The van der Waals surface area contributed by atoms with Crippen molar-refractivity contribution in [2.45, 2.75) is 26.8 Å². The van der Waals surface area contributed by atoms with Crippen LogP contribution in [0.25, 0.3) is 0 Å². The summed E-state index contributed by atoms with van der Waals surface area (Å²) in [6, 6.07) is 11.3. The van der Waals surface area contributed by atoms with Crippen molar-refractivity contribution in [1.29, 1.82) is 0 Å². The summed E-state index contributed by atoms with van der Waals surface area (Å²) < 4.78 is 0. The predicted octanol–water partition coefficient (Wildman–Crippen LogP) is 2.66. The largest absolute Gasteiger partial charge is 0.481 e. The van der Waals surface area contributed by atoms with Crippen molar-refractivity contribution < 1.29 is 14.7 Å². The molecular weight excluding hydrogens is 292 g/mol. The second-order valence-electron chi connectivity index (χ2n) is 6.12. The number of amides is 1. The fourth-order valence-electron chi connectivity index (χ4n) is 2.17. The minimum absolute atomic E-state index is 0.226. The monoisotopic (exact) mass is 312 g/mol. The van der Waals surface area contributed by atoms with Crippen LogP contribution in [0.15, 0.2) is 48.8 Å². The predicted molar refractivity (Wildman–Crippen MR) is 87.0 cm³/mol. The van der Waals surface area contributed by atoms with Crippen LogP contribution in [0.4, 0.5) is 0 Å². The Hall–Kier alpha value is -2.69. The van der Waals surface area contributed by atoms with Crippen LogP contribution in [-0.4, -0.2) is 22.0 Å². The molecule has 1 aromatic heterocycles. The number of nitrogens with zero attached hydrogens (tertiary/aromatic N) is 1. The van der Waals surface area contributed by atoms with E-state index in [4.69, 9.17) is 0 Å². The van der Waals surface area contributed by atoms with Gasteiger partial charge >= 0.3 is 5.97 Å². The van der Waals surface area contributed by atoms with Crippen LogP contribution in [0.1, 0.15) is 35.3 Å². The molecule has 5 nitrogen and oxygen atoms in total. The molecule has 0 unspecified atom stereocenters. The summed E-state index contributed by atoms with van der Waals surface area (Å²) in [5.74, 6) is -1.10. The zero-order chi connectivity index (χ0) is 16.9. The normalized spacial score (nSPS) is 11.0. The van der Waals surface area contributed by atoms with Gasteiger partial charge in [-0.2, -0.15) is 0 Å². The van der Waals surface area contributed by atoms with Crippen LogP contribution in [0, 0.1) is 5.41 Å². The molecule has 0 aliphatic rings. The number of rotatable bonds is 6. The first-order valence-electron chi connectivity index (χ1n) is 7.38. The number of carboxylic acids is 1. The maximum atomic E-state index is 12.2. The smallest absolute Gasteiger partial charge is 0.309 e. The first-order valence-corrected chi connectivity index (χ1v) is 7.38. The van der Waals surface area contributed by atoms with Crippen molar-refractivity contribution in [3.63, 3.8) is 0 Å². The molecule has 0 aliphatic carbocycles. The third-order valence-corrected chi connectivity index (χ3v) is 3.58. The standard InChI is InChI=1S/C18H20N2O3/c1-18(2,17(22)23)9-14-8-15(12-19-10-14)16(21)20-11-13-6-4-3-5-7-13/h3-8,10,12H,9,11H2,1-2H3,(H,20,21)(H,22,23). The van der Waals surface area contributed by atoms with Gasteiger partial charge in [0.15, 0.2) is 0 Å². The highest BCUT2D eigenvalue weighted by molar-refractivity contribution is 5.94. The Labute approximate surface area is 135 Å². The van der Waals surface area contributed by atoms with Gasteiger partial charge in [-0.25, -0.2) is 0 Å². The molecule has 0 saturated carbocycles. The number of hydrogen-bond donors (Lipinski definition) is 2. The van der Waals surface area contributed by atoms with Gasteiger partial charge in [-0.05, 0) is 37.5 Å². The molecule has 1 amide bonds. The highest BCUT2D eigenvalue weighted by Gasteiger charge is 2.27. The van der Waals surface area contributed by atoms with Crippen LogP contribution in [0.3, 0.4) is 0 Å². The molecule has 120 valence electrons. The van der Waals surface area contributed by atoms with E-state index in [0.717, 1.165) is 11.1 Å². The summed E-state index contributed by atoms with van der Waals surface area (Å²) in [7, 11) is 0. The van der Waals surface area contributed by atoms with Gasteiger partial charge in [0.2, 0.25) is 0 Å². The van der Waals surface area contributed by atoms with Crippen molar-refractivity contribution in [2.24, 2.45) is 5.41 Å². The van der Waals surface area contributed by atoms with Crippen LogP contribution in [0.5, 0.6) is 0 Å². The maximum absolute atomic E-state index is 12.2. The van der Waals surface area contributed by atoms with Crippen molar-refractivity contribution in [3.8, 4) is 0 Å². The number of carbonyl (C=O) groups is 2. The quantitative estimate of drug-likeness (QED) is 0.859. The molecule has 0 aliphatic heterocycles. The maximum Gasteiger partial charge on any atom is 0.309 e. The van der Waals surface area contributed by atoms with E-state index in [2.05, 4.69) is 10.3 Å². The molecule has 0 radical (unpaired) electrons. The average Bonchev–Trinajstić information content (AvgIpc) is 2.53. The van der Waals surface area contributed by atoms with E-state index in [9.17, 15) is 14.7 Å². The average molecular weight is 312 g/mol. The number of carbonyl (C=O) groups excluding carboxylic acids is 1. The highest BCUT2D eigenvalue weighted by Crippen LogP contribution is 2.22. The van der Waals surface area contributed by atoms with E-state index < -0.39 is 11.4 Å². The summed E-state index contributed by atoms with van der Waals surface area (Å²) in [4.78, 5) is 27.5. The number of benzene rings is 1. The van der Waals surface area contributed by atoms with E-state index in [1.54, 1.807) is 26.1 Å². The number of aromatic nitrogens is 1. The van der Waals surface area contributed by atoms with Gasteiger partial charge in [0, 0.05) is 18.9 Å². The Kier molecular flexibility index (Phi) is 5.11. The minimum Gasteiger partial charge on any atom is -0.481 e. The summed E-state index contributed by atoms with van der Waals surface area (Å²) in [6.45, 7) is 3.74. The minimum atomic E-state index is -0.902. The lowest BCUT2D eigenvalue weighted by Crippen LogP contribution is -2.27. The van der Waals surface area contributed by atoms with E-state index in [1.807, 2.05) is 30.3 Å². The van der Waals surface area contributed by atoms with E-state index in [0.29, 0.717) is 18.5 Å². The molecule has 2 aromatic rings. The third kappa shape index (κ3) is 4.64. The molecular formula is C18H20N2O3. The van der Waals surface area contributed by atoms with Crippen molar-refractivity contribution in [2.75, 3.05) is 0 Å². The molecule has 0 atom stereocenters. The van der Waals surface area contributed by atoms with E-state index >= 15 is 0 Å². The Morgan fingerprint density at radius 3 is 2.48 bits per heavy atom. The van der Waals surface area contributed by atoms with Gasteiger partial charge in [0.05, 0.1) is 11.0 Å². The Morgan fingerprint density at radius 1 is 1.13 bits per heavy atom. The van der Waals surface area contributed by atoms with Crippen molar-refractivity contribution >= 4 is 11.9 Å². The van der Waals surface area contributed by atoms with Crippen LogP contribution in [0.2, 0.25) is 0 Å². The Bertz CT molecular complexity index is 696. The Balaban J connectivity index is 2.04. The molecule has 0 spiro atoms. The number of nitrogens with one attached hydrogen (secondary N) is 1. The number of carboxylic acid groups (broad SMARTS) is 1. The van der Waals surface area contributed by atoms with E-state index in [-0.39, 0.29) is 5.91 Å². The van der Waals surface area contributed by atoms with Gasteiger partial charge < -0.3 is 10.4 Å². The lowest BCUT2D eigenvalue weighted by atomic mass is 9.86. The molecule has 2 N–H and O–H groups in total. The first-order chi connectivity index (χ1) is 10.9. The van der Waals surface area contributed by atoms with Crippen molar-refractivity contribution in [1.82, 2.24) is 10.3 Å². The topological polar surface area (TPSA) is 79.3 Å². The SMILES string of the molecule is CC(C)(Cc1cncc(C(=O)NCc2ccccc2)c1)C(=O)O. The molecule has 0 bridgehead atoms. The van der Waals surface area contributed by atoms with Gasteiger partial charge in [-0.1, -0.05) is 30.3 Å². The number of pyridine rings is 1. The lowest BCUT2D eigenvalue weighted by Gasteiger charge is -2.18. The first kappa shape index (κ1) is 16.7. The van der Waals surface area contributed by atoms with E-state index in [1.165, 1.54) is 6.20 Å². The molecule has 0 saturated heterocycles. The van der Waals surface area contributed by atoms with Gasteiger partial charge in [0.1, 0.15) is 0 Å². The molecule has 5 heteroatoms. The van der Waals surface area contributed by atoms with Crippen LogP contribution in [-0.2, 0) is 17.8 Å². The lowest BCUT2D eigenvalue weighted by molar-refractivity contribution is -0.146.